The SMILES string of the molecule is CC.CNC(=O)c1cc2ccc(NC(F)F)cc2oc1=O. The zero-order valence-corrected chi connectivity index (χ0v) is 11.9. The molecule has 2 N–H and O–H groups in total. The summed E-state index contributed by atoms with van der Waals surface area (Å²) in [5, 5.41) is 4.67. The number of benzene rings is 1. The minimum atomic E-state index is -2.71. The van der Waals surface area contributed by atoms with Gasteiger partial charge in [-0.05, 0) is 18.2 Å². The Morgan fingerprint density at radius 1 is 1.24 bits per heavy atom. The summed E-state index contributed by atoms with van der Waals surface area (Å²) >= 11 is 0. The number of anilines is 1. The van der Waals surface area contributed by atoms with Crippen molar-refractivity contribution in [3.8, 4) is 0 Å². The molecule has 0 saturated heterocycles. The summed E-state index contributed by atoms with van der Waals surface area (Å²) in [6.45, 7) is 1.29. The number of rotatable bonds is 3. The smallest absolute Gasteiger partial charge is 0.349 e. The monoisotopic (exact) mass is 298 g/mol. The predicted molar refractivity (Wildman–Crippen MR) is 76.8 cm³/mol. The average molecular weight is 298 g/mol. The highest BCUT2D eigenvalue weighted by Crippen LogP contribution is 2.19. The van der Waals surface area contributed by atoms with Gasteiger partial charge in [0.15, 0.2) is 0 Å². The number of alkyl halides is 2. The maximum atomic E-state index is 12.2. The van der Waals surface area contributed by atoms with E-state index in [1.54, 1.807) is 0 Å². The first-order valence-corrected chi connectivity index (χ1v) is 6.36. The molecule has 0 aliphatic rings. The molecule has 0 fully saturated rings. The molecule has 0 aliphatic heterocycles. The summed E-state index contributed by atoms with van der Waals surface area (Å²) in [4.78, 5) is 23.0. The van der Waals surface area contributed by atoms with Crippen molar-refractivity contribution in [2.45, 2.75) is 20.4 Å². The van der Waals surface area contributed by atoms with Gasteiger partial charge in [0.25, 0.3) is 5.91 Å². The van der Waals surface area contributed by atoms with E-state index >= 15 is 0 Å². The van der Waals surface area contributed by atoms with Crippen molar-refractivity contribution in [2.24, 2.45) is 0 Å². The molecule has 0 radical (unpaired) electrons. The molecule has 2 aromatic rings. The van der Waals surface area contributed by atoms with E-state index in [9.17, 15) is 18.4 Å². The molecule has 0 spiro atoms. The van der Waals surface area contributed by atoms with Gasteiger partial charge in [0.05, 0.1) is 0 Å². The van der Waals surface area contributed by atoms with E-state index in [2.05, 4.69) is 5.32 Å². The Bertz CT molecular complexity index is 683. The van der Waals surface area contributed by atoms with Crippen LogP contribution < -0.4 is 16.3 Å². The summed E-state index contributed by atoms with van der Waals surface area (Å²) in [6, 6.07) is 5.51. The molecule has 21 heavy (non-hydrogen) atoms. The maximum absolute atomic E-state index is 12.2. The number of fused-ring (bicyclic) bond motifs is 1. The molecule has 1 heterocycles. The molecule has 0 bridgehead atoms. The van der Waals surface area contributed by atoms with Crippen molar-refractivity contribution in [3.05, 3.63) is 40.2 Å². The Kier molecular flexibility index (Phi) is 5.83. The Morgan fingerprint density at radius 3 is 2.48 bits per heavy atom. The number of halogens is 2. The molecular weight excluding hydrogens is 282 g/mol. The van der Waals surface area contributed by atoms with Crippen LogP contribution in [0, 0.1) is 0 Å². The molecule has 2 rings (SSSR count). The van der Waals surface area contributed by atoms with Gasteiger partial charge in [0.1, 0.15) is 11.1 Å². The van der Waals surface area contributed by atoms with Crippen LogP contribution in [0.3, 0.4) is 0 Å². The van der Waals surface area contributed by atoms with Crippen molar-refractivity contribution < 1.29 is 18.0 Å². The standard InChI is InChI=1S/C12H10F2N2O3.C2H6/c1-15-10(17)8-4-6-2-3-7(16-12(13)14)5-9(6)19-11(8)18;1-2/h2-5,12,16H,1H3,(H,15,17);1-2H3. The van der Waals surface area contributed by atoms with Crippen molar-refractivity contribution >= 4 is 22.6 Å². The molecule has 5 nitrogen and oxygen atoms in total. The normalized spacial score (nSPS) is 10.0. The lowest BCUT2D eigenvalue weighted by Gasteiger charge is -2.06. The highest BCUT2D eigenvalue weighted by atomic mass is 19.3. The molecule has 1 aromatic heterocycles. The Labute approximate surface area is 120 Å². The molecule has 1 amide bonds. The first-order valence-electron chi connectivity index (χ1n) is 6.36. The second kappa shape index (κ2) is 7.37. The fourth-order valence-electron chi connectivity index (χ4n) is 1.62. The third kappa shape index (κ3) is 4.01. The van der Waals surface area contributed by atoms with E-state index in [4.69, 9.17) is 4.42 Å². The third-order valence-corrected chi connectivity index (χ3v) is 2.48. The van der Waals surface area contributed by atoms with Crippen LogP contribution in [-0.4, -0.2) is 19.5 Å². The summed E-state index contributed by atoms with van der Waals surface area (Å²) in [6.07, 6.45) is 0. The summed E-state index contributed by atoms with van der Waals surface area (Å²) in [5.74, 6) is -0.564. The lowest BCUT2D eigenvalue weighted by Crippen LogP contribution is -2.24. The summed E-state index contributed by atoms with van der Waals surface area (Å²) in [5.41, 5.74) is -0.702. The zero-order chi connectivity index (χ0) is 16.0. The second-order valence-electron chi connectivity index (χ2n) is 3.72. The van der Waals surface area contributed by atoms with E-state index in [1.165, 1.54) is 31.3 Å². The summed E-state index contributed by atoms with van der Waals surface area (Å²) in [7, 11) is 1.39. The van der Waals surface area contributed by atoms with E-state index in [0.29, 0.717) is 5.39 Å². The largest absolute Gasteiger partial charge is 0.422 e. The highest BCUT2D eigenvalue weighted by Gasteiger charge is 2.12. The van der Waals surface area contributed by atoms with Gasteiger partial charge in [-0.15, -0.1) is 0 Å². The van der Waals surface area contributed by atoms with Crippen LogP contribution in [0.25, 0.3) is 11.0 Å². The first kappa shape index (κ1) is 16.6. The van der Waals surface area contributed by atoms with Gasteiger partial charge in [-0.3, -0.25) is 4.79 Å². The molecule has 0 aliphatic carbocycles. The van der Waals surface area contributed by atoms with Crippen molar-refractivity contribution in [1.29, 1.82) is 0 Å². The van der Waals surface area contributed by atoms with Crippen molar-refractivity contribution in [1.82, 2.24) is 5.32 Å². The maximum Gasteiger partial charge on any atom is 0.349 e. The number of hydrogen-bond acceptors (Lipinski definition) is 4. The van der Waals surface area contributed by atoms with E-state index in [0.717, 1.165) is 0 Å². The minimum absolute atomic E-state index is 0.123. The number of amides is 1. The van der Waals surface area contributed by atoms with Crippen LogP contribution in [0.15, 0.2) is 33.5 Å². The van der Waals surface area contributed by atoms with Crippen LogP contribution in [-0.2, 0) is 0 Å². The molecular formula is C14H16F2N2O3. The molecule has 0 saturated carbocycles. The number of carbonyl (C=O) groups excluding carboxylic acids is 1. The van der Waals surface area contributed by atoms with Crippen LogP contribution in [0.1, 0.15) is 24.2 Å². The van der Waals surface area contributed by atoms with Crippen LogP contribution in [0.2, 0.25) is 0 Å². The minimum Gasteiger partial charge on any atom is -0.422 e. The topological polar surface area (TPSA) is 71.3 Å². The van der Waals surface area contributed by atoms with E-state index in [-0.39, 0.29) is 16.8 Å². The van der Waals surface area contributed by atoms with Crippen molar-refractivity contribution in [3.63, 3.8) is 0 Å². The van der Waals surface area contributed by atoms with Gasteiger partial charge in [-0.2, -0.15) is 8.78 Å². The second-order valence-corrected chi connectivity index (χ2v) is 3.72. The lowest BCUT2D eigenvalue weighted by atomic mass is 10.1. The fourth-order valence-corrected chi connectivity index (χ4v) is 1.62. The van der Waals surface area contributed by atoms with Crippen LogP contribution >= 0.6 is 0 Å². The Balaban J connectivity index is 0.00000106. The molecule has 0 atom stereocenters. The van der Waals surface area contributed by atoms with Crippen molar-refractivity contribution in [2.75, 3.05) is 12.4 Å². The molecule has 0 unspecified atom stereocenters. The Hall–Kier alpha value is -2.44. The first-order chi connectivity index (χ1) is 10.0. The quantitative estimate of drug-likeness (QED) is 0.675. The molecule has 114 valence electrons. The average Bonchev–Trinajstić information content (AvgIpc) is 2.47. The number of carbonyl (C=O) groups is 1. The highest BCUT2D eigenvalue weighted by molar-refractivity contribution is 5.96. The molecule has 1 aromatic carbocycles. The lowest BCUT2D eigenvalue weighted by molar-refractivity contribution is 0.0959. The number of hydrogen-bond donors (Lipinski definition) is 2. The van der Waals surface area contributed by atoms with Gasteiger partial charge >= 0.3 is 12.2 Å². The van der Waals surface area contributed by atoms with E-state index < -0.39 is 18.1 Å². The van der Waals surface area contributed by atoms with Gasteiger partial charge in [-0.25, -0.2) is 4.79 Å². The predicted octanol–water partition coefficient (Wildman–Crippen LogP) is 2.81. The Morgan fingerprint density at radius 2 is 1.90 bits per heavy atom. The van der Waals surface area contributed by atoms with Gasteiger partial charge < -0.3 is 15.1 Å². The summed E-state index contributed by atoms with van der Waals surface area (Å²) < 4.78 is 29.3. The van der Waals surface area contributed by atoms with Gasteiger partial charge in [0, 0.05) is 24.2 Å². The third-order valence-electron chi connectivity index (χ3n) is 2.48. The molecule has 7 heteroatoms. The fraction of sp³-hybridized carbons (Fsp3) is 0.286. The van der Waals surface area contributed by atoms with Gasteiger partial charge in [0.2, 0.25) is 0 Å². The van der Waals surface area contributed by atoms with E-state index in [1.807, 2.05) is 19.2 Å². The van der Waals surface area contributed by atoms with Gasteiger partial charge in [-0.1, -0.05) is 13.8 Å². The van der Waals surface area contributed by atoms with Crippen LogP contribution in [0.5, 0.6) is 0 Å². The number of nitrogens with one attached hydrogen (secondary N) is 2. The zero-order valence-electron chi connectivity index (χ0n) is 11.9. The van der Waals surface area contributed by atoms with Crippen LogP contribution in [0.4, 0.5) is 14.5 Å².